The van der Waals surface area contributed by atoms with Crippen LogP contribution in [-0.4, -0.2) is 22.4 Å². The molecule has 2 rings (SSSR count). The molecular weight excluding hydrogens is 212 g/mol. The summed E-state index contributed by atoms with van der Waals surface area (Å²) in [6.07, 6.45) is 6.03. The Balaban J connectivity index is 1.77. The van der Waals surface area contributed by atoms with Crippen LogP contribution in [0.4, 0.5) is 0 Å². The molecule has 1 heterocycles. The maximum absolute atomic E-state index is 10.0. The Morgan fingerprint density at radius 3 is 2.47 bits per heavy atom. The van der Waals surface area contributed by atoms with Gasteiger partial charge in [0.1, 0.15) is 0 Å². The van der Waals surface area contributed by atoms with Crippen LogP contribution < -0.4 is 5.43 Å². The van der Waals surface area contributed by atoms with E-state index in [9.17, 15) is 5.11 Å². The first-order valence-electron chi connectivity index (χ1n) is 6.73. The van der Waals surface area contributed by atoms with Gasteiger partial charge in [0.25, 0.3) is 0 Å². The molecule has 1 atom stereocenters. The minimum Gasteiger partial charge on any atom is -0.391 e. The first-order chi connectivity index (χ1) is 8.16. The van der Waals surface area contributed by atoms with Gasteiger partial charge in [0.2, 0.25) is 0 Å². The molecule has 3 heteroatoms. The van der Waals surface area contributed by atoms with Crippen molar-refractivity contribution in [2.24, 2.45) is 5.92 Å². The van der Waals surface area contributed by atoms with Crippen molar-refractivity contribution < 1.29 is 5.11 Å². The molecule has 0 aliphatic heterocycles. The molecule has 1 aromatic rings. The lowest BCUT2D eigenvalue weighted by Crippen LogP contribution is -2.28. The van der Waals surface area contributed by atoms with Crippen molar-refractivity contribution in [3.8, 4) is 0 Å². The SMILES string of the molecule is Cc1ccc(C)n1NCC(O)CC1CCCC1. The number of nitrogens with one attached hydrogen (secondary N) is 1. The Bertz CT molecular complexity index is 334. The highest BCUT2D eigenvalue weighted by Gasteiger charge is 2.18. The first kappa shape index (κ1) is 12.5. The molecule has 0 amide bonds. The normalized spacial score (nSPS) is 18.5. The van der Waals surface area contributed by atoms with Gasteiger partial charge in [-0.25, -0.2) is 0 Å². The van der Waals surface area contributed by atoms with Gasteiger partial charge < -0.3 is 10.5 Å². The molecule has 17 heavy (non-hydrogen) atoms. The summed E-state index contributed by atoms with van der Waals surface area (Å²) in [5.41, 5.74) is 5.68. The van der Waals surface area contributed by atoms with Crippen molar-refractivity contribution in [1.29, 1.82) is 0 Å². The predicted octanol–water partition coefficient (Wildman–Crippen LogP) is 2.59. The smallest absolute Gasteiger partial charge is 0.0731 e. The van der Waals surface area contributed by atoms with Crippen LogP contribution in [0.25, 0.3) is 0 Å². The fraction of sp³-hybridized carbons (Fsp3) is 0.714. The molecule has 0 saturated heterocycles. The van der Waals surface area contributed by atoms with E-state index in [0.29, 0.717) is 6.54 Å². The second-order valence-electron chi connectivity index (χ2n) is 5.35. The van der Waals surface area contributed by atoms with Gasteiger partial charge in [-0.05, 0) is 38.3 Å². The van der Waals surface area contributed by atoms with E-state index in [4.69, 9.17) is 0 Å². The summed E-state index contributed by atoms with van der Waals surface area (Å²) >= 11 is 0. The van der Waals surface area contributed by atoms with E-state index in [2.05, 4.69) is 36.1 Å². The van der Waals surface area contributed by atoms with Crippen LogP contribution in [0.1, 0.15) is 43.5 Å². The number of aliphatic hydroxyl groups is 1. The largest absolute Gasteiger partial charge is 0.391 e. The minimum atomic E-state index is -0.223. The fourth-order valence-corrected chi connectivity index (χ4v) is 2.83. The maximum atomic E-state index is 10.0. The van der Waals surface area contributed by atoms with Gasteiger partial charge in [0.15, 0.2) is 0 Å². The Morgan fingerprint density at radius 1 is 1.29 bits per heavy atom. The number of aromatic nitrogens is 1. The number of rotatable bonds is 5. The van der Waals surface area contributed by atoms with Gasteiger partial charge in [0.05, 0.1) is 12.6 Å². The third kappa shape index (κ3) is 3.25. The Kier molecular flexibility index (Phi) is 4.11. The van der Waals surface area contributed by atoms with Gasteiger partial charge in [-0.3, -0.25) is 4.68 Å². The van der Waals surface area contributed by atoms with Gasteiger partial charge in [-0.15, -0.1) is 0 Å². The molecule has 0 bridgehead atoms. The number of aryl methyl sites for hydroxylation is 2. The summed E-state index contributed by atoms with van der Waals surface area (Å²) < 4.78 is 2.05. The van der Waals surface area contributed by atoms with Crippen LogP contribution in [0.5, 0.6) is 0 Å². The summed E-state index contributed by atoms with van der Waals surface area (Å²) in [6, 6.07) is 4.18. The Hall–Kier alpha value is -0.960. The molecule has 0 radical (unpaired) electrons. The highest BCUT2D eigenvalue weighted by molar-refractivity contribution is 5.15. The molecule has 2 N–H and O–H groups in total. The van der Waals surface area contributed by atoms with Crippen molar-refractivity contribution in [3.05, 3.63) is 23.5 Å². The van der Waals surface area contributed by atoms with Crippen molar-refractivity contribution >= 4 is 0 Å². The van der Waals surface area contributed by atoms with Gasteiger partial charge in [-0.2, -0.15) is 0 Å². The lowest BCUT2D eigenvalue weighted by Gasteiger charge is -2.18. The summed E-state index contributed by atoms with van der Waals surface area (Å²) in [5.74, 6) is 0.749. The van der Waals surface area contributed by atoms with Crippen molar-refractivity contribution in [2.45, 2.75) is 52.1 Å². The molecule has 1 aliphatic carbocycles. The van der Waals surface area contributed by atoms with E-state index < -0.39 is 0 Å². The Morgan fingerprint density at radius 2 is 1.88 bits per heavy atom. The first-order valence-corrected chi connectivity index (χ1v) is 6.73. The van der Waals surface area contributed by atoms with Gasteiger partial charge >= 0.3 is 0 Å². The standard InChI is InChI=1S/C14H24N2O/c1-11-7-8-12(2)16(11)15-10-14(17)9-13-5-3-4-6-13/h7-8,13-15,17H,3-6,9-10H2,1-2H3. The zero-order valence-corrected chi connectivity index (χ0v) is 10.9. The highest BCUT2D eigenvalue weighted by Crippen LogP contribution is 2.28. The van der Waals surface area contributed by atoms with Gasteiger partial charge in [0, 0.05) is 11.4 Å². The molecule has 3 nitrogen and oxygen atoms in total. The molecule has 0 aromatic carbocycles. The van der Waals surface area contributed by atoms with Crippen LogP contribution >= 0.6 is 0 Å². The minimum absolute atomic E-state index is 0.223. The van der Waals surface area contributed by atoms with Crippen LogP contribution in [-0.2, 0) is 0 Å². The second kappa shape index (κ2) is 5.58. The summed E-state index contributed by atoms with van der Waals surface area (Å²) in [4.78, 5) is 0. The van der Waals surface area contributed by atoms with E-state index in [1.54, 1.807) is 0 Å². The lowest BCUT2D eigenvalue weighted by molar-refractivity contribution is 0.152. The molecule has 1 aromatic heterocycles. The zero-order chi connectivity index (χ0) is 12.3. The van der Waals surface area contributed by atoms with Crippen molar-refractivity contribution in [2.75, 3.05) is 12.0 Å². The number of hydrogen-bond donors (Lipinski definition) is 2. The van der Waals surface area contributed by atoms with Gasteiger partial charge in [-0.1, -0.05) is 25.7 Å². The summed E-state index contributed by atoms with van der Waals surface area (Å²) in [7, 11) is 0. The molecule has 1 unspecified atom stereocenters. The summed E-state index contributed by atoms with van der Waals surface area (Å²) in [5, 5.41) is 10.0. The topological polar surface area (TPSA) is 37.2 Å². The molecule has 0 spiro atoms. The van der Waals surface area contributed by atoms with Crippen molar-refractivity contribution in [3.63, 3.8) is 0 Å². The van der Waals surface area contributed by atoms with Crippen LogP contribution in [0.2, 0.25) is 0 Å². The fourth-order valence-electron chi connectivity index (χ4n) is 2.83. The average Bonchev–Trinajstić information content (AvgIpc) is 2.88. The third-order valence-corrected chi connectivity index (χ3v) is 3.84. The maximum Gasteiger partial charge on any atom is 0.0731 e. The molecule has 1 saturated carbocycles. The van der Waals surface area contributed by atoms with E-state index in [1.165, 1.54) is 37.1 Å². The Labute approximate surface area is 104 Å². The summed E-state index contributed by atoms with van der Waals surface area (Å²) in [6.45, 7) is 4.79. The highest BCUT2D eigenvalue weighted by atomic mass is 16.3. The number of aliphatic hydroxyl groups excluding tert-OH is 1. The number of nitrogens with zero attached hydrogens (tertiary/aromatic N) is 1. The van der Waals surface area contributed by atoms with E-state index >= 15 is 0 Å². The average molecular weight is 236 g/mol. The van der Waals surface area contributed by atoms with Crippen LogP contribution in [0.3, 0.4) is 0 Å². The third-order valence-electron chi connectivity index (χ3n) is 3.84. The van der Waals surface area contributed by atoms with E-state index in [0.717, 1.165) is 12.3 Å². The monoisotopic (exact) mass is 236 g/mol. The quantitative estimate of drug-likeness (QED) is 0.824. The van der Waals surface area contributed by atoms with Crippen LogP contribution in [0, 0.1) is 19.8 Å². The number of hydrogen-bond acceptors (Lipinski definition) is 2. The van der Waals surface area contributed by atoms with Crippen LogP contribution in [0.15, 0.2) is 12.1 Å². The zero-order valence-electron chi connectivity index (χ0n) is 10.9. The van der Waals surface area contributed by atoms with E-state index in [-0.39, 0.29) is 6.10 Å². The molecular formula is C14H24N2O. The van der Waals surface area contributed by atoms with Crippen molar-refractivity contribution in [1.82, 2.24) is 4.68 Å². The molecule has 1 fully saturated rings. The molecule has 1 aliphatic rings. The van der Waals surface area contributed by atoms with E-state index in [1.807, 2.05) is 0 Å². The lowest BCUT2D eigenvalue weighted by atomic mass is 10.0. The predicted molar refractivity (Wildman–Crippen MR) is 70.7 cm³/mol. The second-order valence-corrected chi connectivity index (χ2v) is 5.35. The molecule has 96 valence electrons.